The quantitative estimate of drug-likeness (QED) is 0.344. The van der Waals surface area contributed by atoms with E-state index in [1.54, 1.807) is 41.6 Å². The predicted octanol–water partition coefficient (Wildman–Crippen LogP) is 4.65. The highest BCUT2D eigenvalue weighted by atomic mass is 35.5. The fourth-order valence-corrected chi connectivity index (χ4v) is 3.25. The van der Waals surface area contributed by atoms with Crippen molar-refractivity contribution in [1.82, 2.24) is 19.5 Å². The van der Waals surface area contributed by atoms with E-state index in [-0.39, 0.29) is 5.56 Å². The molecule has 0 aliphatic carbocycles. The second-order valence-electron chi connectivity index (χ2n) is 6.79. The van der Waals surface area contributed by atoms with E-state index < -0.39 is 0 Å². The van der Waals surface area contributed by atoms with E-state index in [1.165, 1.54) is 10.8 Å². The maximum absolute atomic E-state index is 13.4. The third-order valence-corrected chi connectivity index (χ3v) is 4.84. The van der Waals surface area contributed by atoms with E-state index in [0.717, 1.165) is 11.1 Å². The first-order chi connectivity index (χ1) is 14.4. The van der Waals surface area contributed by atoms with Gasteiger partial charge in [-0.1, -0.05) is 47.5 Å². The molecule has 0 atom stereocenters. The summed E-state index contributed by atoms with van der Waals surface area (Å²) in [5.74, 6) is 0.896. The standard InChI is InChI=1S/C22H17Cl2N5O/c1-28(2)26-12-14-3-5-15(6-4-14)21-27-19-9-7-16(23)11-18(19)22(30)29(21)20-10-8-17(24)13-25-20/h3-13H,1-2H3. The Morgan fingerprint density at radius 3 is 2.40 bits per heavy atom. The number of rotatable bonds is 4. The highest BCUT2D eigenvalue weighted by molar-refractivity contribution is 6.31. The number of fused-ring (bicyclic) bond motifs is 1. The molecule has 0 amide bonds. The first-order valence-corrected chi connectivity index (χ1v) is 9.84. The monoisotopic (exact) mass is 437 g/mol. The number of hydrogen-bond donors (Lipinski definition) is 0. The second kappa shape index (κ2) is 8.26. The summed E-state index contributed by atoms with van der Waals surface area (Å²) in [7, 11) is 3.71. The van der Waals surface area contributed by atoms with Crippen molar-refractivity contribution in [3.8, 4) is 17.2 Å². The number of benzene rings is 2. The maximum Gasteiger partial charge on any atom is 0.267 e. The lowest BCUT2D eigenvalue weighted by molar-refractivity contribution is 0.440. The minimum Gasteiger partial charge on any atom is -0.303 e. The SMILES string of the molecule is CN(C)N=Cc1ccc(-c2nc3ccc(Cl)cc3c(=O)n2-c2ccc(Cl)cn2)cc1. The average Bonchev–Trinajstić information content (AvgIpc) is 2.74. The third kappa shape index (κ3) is 4.06. The zero-order valence-corrected chi connectivity index (χ0v) is 17.8. The Bertz CT molecular complexity index is 1300. The van der Waals surface area contributed by atoms with Crippen molar-refractivity contribution >= 4 is 40.3 Å². The first kappa shape index (κ1) is 20.1. The van der Waals surface area contributed by atoms with Crippen molar-refractivity contribution < 1.29 is 0 Å². The van der Waals surface area contributed by atoms with Crippen LogP contribution in [0.4, 0.5) is 0 Å². The van der Waals surface area contributed by atoms with E-state index in [2.05, 4.69) is 10.1 Å². The molecule has 4 aromatic rings. The molecule has 6 nitrogen and oxygen atoms in total. The summed E-state index contributed by atoms with van der Waals surface area (Å²) in [4.78, 5) is 22.4. The summed E-state index contributed by atoms with van der Waals surface area (Å²) >= 11 is 12.1. The third-order valence-electron chi connectivity index (χ3n) is 4.38. The number of hydrazone groups is 1. The first-order valence-electron chi connectivity index (χ1n) is 9.08. The van der Waals surface area contributed by atoms with Gasteiger partial charge in [-0.05, 0) is 35.9 Å². The maximum atomic E-state index is 13.4. The van der Waals surface area contributed by atoms with E-state index in [1.807, 2.05) is 38.4 Å². The van der Waals surface area contributed by atoms with Crippen LogP contribution < -0.4 is 5.56 Å². The Labute approximate surface area is 183 Å². The predicted molar refractivity (Wildman–Crippen MR) is 122 cm³/mol. The van der Waals surface area contributed by atoms with E-state index in [9.17, 15) is 4.79 Å². The number of halogens is 2. The van der Waals surface area contributed by atoms with Gasteiger partial charge in [-0.15, -0.1) is 0 Å². The molecule has 0 radical (unpaired) electrons. The lowest BCUT2D eigenvalue weighted by atomic mass is 10.1. The molecule has 2 heterocycles. The Morgan fingerprint density at radius 2 is 1.73 bits per heavy atom. The molecule has 0 aliphatic rings. The molecule has 0 aliphatic heterocycles. The summed E-state index contributed by atoms with van der Waals surface area (Å²) in [6.07, 6.45) is 3.25. The Balaban J connectivity index is 1.94. The summed E-state index contributed by atoms with van der Waals surface area (Å²) < 4.78 is 1.47. The van der Waals surface area contributed by atoms with Crippen molar-refractivity contribution in [2.24, 2.45) is 5.10 Å². The van der Waals surface area contributed by atoms with Gasteiger partial charge in [-0.25, -0.2) is 14.5 Å². The molecule has 2 aromatic carbocycles. The van der Waals surface area contributed by atoms with Crippen molar-refractivity contribution in [2.75, 3.05) is 14.1 Å². The van der Waals surface area contributed by atoms with Gasteiger partial charge in [-0.3, -0.25) is 4.79 Å². The van der Waals surface area contributed by atoms with Crippen LogP contribution in [0.1, 0.15) is 5.56 Å². The normalized spacial score (nSPS) is 11.3. The smallest absolute Gasteiger partial charge is 0.267 e. The highest BCUT2D eigenvalue weighted by Gasteiger charge is 2.16. The molecule has 0 N–H and O–H groups in total. The minimum atomic E-state index is -0.259. The molecule has 150 valence electrons. The van der Waals surface area contributed by atoms with Gasteiger partial charge in [0.25, 0.3) is 5.56 Å². The van der Waals surface area contributed by atoms with Crippen molar-refractivity contribution in [2.45, 2.75) is 0 Å². The van der Waals surface area contributed by atoms with Crippen molar-refractivity contribution in [3.63, 3.8) is 0 Å². The molecule has 0 spiro atoms. The van der Waals surface area contributed by atoms with Crippen LogP contribution in [-0.4, -0.2) is 39.9 Å². The molecular formula is C22H17Cl2N5O. The molecule has 4 rings (SSSR count). The molecular weight excluding hydrogens is 421 g/mol. The lowest BCUT2D eigenvalue weighted by Crippen LogP contribution is -2.22. The highest BCUT2D eigenvalue weighted by Crippen LogP contribution is 2.24. The zero-order chi connectivity index (χ0) is 21.3. The minimum absolute atomic E-state index is 0.259. The van der Waals surface area contributed by atoms with Crippen molar-refractivity contribution in [3.05, 3.63) is 86.8 Å². The number of nitrogens with zero attached hydrogens (tertiary/aromatic N) is 5. The Hall–Kier alpha value is -3.22. The van der Waals surface area contributed by atoms with Crippen LogP contribution in [0.15, 0.2) is 70.7 Å². The van der Waals surface area contributed by atoms with Gasteiger partial charge in [-0.2, -0.15) is 5.10 Å². The largest absolute Gasteiger partial charge is 0.303 e. The number of hydrogen-bond acceptors (Lipinski definition) is 5. The van der Waals surface area contributed by atoms with Crippen LogP contribution in [-0.2, 0) is 0 Å². The van der Waals surface area contributed by atoms with Gasteiger partial charge in [0.05, 0.1) is 22.1 Å². The molecule has 0 unspecified atom stereocenters. The fourth-order valence-electron chi connectivity index (χ4n) is 2.96. The van der Waals surface area contributed by atoms with Crippen LogP contribution in [0, 0.1) is 0 Å². The molecule has 0 saturated heterocycles. The van der Waals surface area contributed by atoms with Crippen LogP contribution in [0.5, 0.6) is 0 Å². The second-order valence-corrected chi connectivity index (χ2v) is 7.66. The van der Waals surface area contributed by atoms with E-state index >= 15 is 0 Å². The molecule has 0 saturated carbocycles. The molecule has 0 fully saturated rings. The fraction of sp³-hybridized carbons (Fsp3) is 0.0909. The van der Waals surface area contributed by atoms with Gasteiger partial charge in [0.2, 0.25) is 0 Å². The number of aromatic nitrogens is 3. The molecule has 0 bridgehead atoms. The van der Waals surface area contributed by atoms with Crippen LogP contribution >= 0.6 is 23.2 Å². The number of pyridine rings is 1. The topological polar surface area (TPSA) is 63.4 Å². The summed E-state index contributed by atoms with van der Waals surface area (Å²) in [5, 5.41) is 7.32. The van der Waals surface area contributed by atoms with Gasteiger partial charge in [0.1, 0.15) is 11.6 Å². The Kier molecular flexibility index (Phi) is 5.53. The Morgan fingerprint density at radius 1 is 1.00 bits per heavy atom. The average molecular weight is 438 g/mol. The van der Waals surface area contributed by atoms with Gasteiger partial charge in [0.15, 0.2) is 0 Å². The van der Waals surface area contributed by atoms with E-state index in [0.29, 0.717) is 32.6 Å². The summed E-state index contributed by atoms with van der Waals surface area (Å²) in [6.45, 7) is 0. The van der Waals surface area contributed by atoms with Crippen LogP contribution in [0.2, 0.25) is 10.0 Å². The van der Waals surface area contributed by atoms with E-state index in [4.69, 9.17) is 28.2 Å². The van der Waals surface area contributed by atoms with Crippen molar-refractivity contribution in [1.29, 1.82) is 0 Å². The van der Waals surface area contributed by atoms with Gasteiger partial charge >= 0.3 is 0 Å². The molecule has 30 heavy (non-hydrogen) atoms. The molecule has 8 heteroatoms. The summed E-state index contributed by atoms with van der Waals surface area (Å²) in [6, 6.07) is 16.1. The van der Waals surface area contributed by atoms with Crippen LogP contribution in [0.25, 0.3) is 28.1 Å². The lowest BCUT2D eigenvalue weighted by Gasteiger charge is -2.13. The van der Waals surface area contributed by atoms with Gasteiger partial charge in [0, 0.05) is 30.9 Å². The molecule has 2 aromatic heterocycles. The van der Waals surface area contributed by atoms with Crippen LogP contribution in [0.3, 0.4) is 0 Å². The van der Waals surface area contributed by atoms with Gasteiger partial charge < -0.3 is 5.01 Å². The zero-order valence-electron chi connectivity index (χ0n) is 16.3. The summed E-state index contributed by atoms with van der Waals surface area (Å²) in [5.41, 5.74) is 2.00.